The largest absolute Gasteiger partial charge is 0.349 e. The van der Waals surface area contributed by atoms with Crippen molar-refractivity contribution in [3.8, 4) is 0 Å². The molecule has 5 heteroatoms. The van der Waals surface area contributed by atoms with E-state index in [1.807, 2.05) is 38.1 Å². The van der Waals surface area contributed by atoms with Crippen LogP contribution < -0.4 is 10.2 Å². The van der Waals surface area contributed by atoms with Gasteiger partial charge in [0.25, 0.3) is 0 Å². The number of benzene rings is 2. The average Bonchev–Trinajstić information content (AvgIpc) is 3.07. The molecule has 0 aliphatic carbocycles. The number of carbonyl (C=O) groups is 2. The van der Waals surface area contributed by atoms with Crippen LogP contribution in [0, 0.1) is 11.7 Å². The van der Waals surface area contributed by atoms with Crippen LogP contribution >= 0.6 is 0 Å². The lowest BCUT2D eigenvalue weighted by Crippen LogP contribution is -2.32. The Bertz CT molecular complexity index is 800. The molecular weight excluding hydrogens is 343 g/mol. The molecule has 0 radical (unpaired) electrons. The van der Waals surface area contributed by atoms with Gasteiger partial charge in [-0.3, -0.25) is 9.59 Å². The van der Waals surface area contributed by atoms with Crippen molar-refractivity contribution >= 4 is 17.5 Å². The Kier molecular flexibility index (Phi) is 5.89. The van der Waals surface area contributed by atoms with Crippen molar-refractivity contribution in [2.45, 2.75) is 39.2 Å². The minimum atomic E-state index is -0.288. The molecule has 27 heavy (non-hydrogen) atoms. The van der Waals surface area contributed by atoms with Crippen molar-refractivity contribution in [1.82, 2.24) is 5.32 Å². The van der Waals surface area contributed by atoms with Crippen LogP contribution in [0.2, 0.25) is 0 Å². The van der Waals surface area contributed by atoms with Crippen LogP contribution in [0.25, 0.3) is 0 Å². The molecule has 1 aliphatic rings. The normalized spacial score (nSPS) is 15.3. The first kappa shape index (κ1) is 19.1. The molecule has 1 atom stereocenters. The number of nitrogens with zero attached hydrogens (tertiary/aromatic N) is 1. The van der Waals surface area contributed by atoms with E-state index in [0.29, 0.717) is 6.42 Å². The molecule has 0 saturated carbocycles. The first-order chi connectivity index (χ1) is 12.9. The third kappa shape index (κ3) is 4.73. The molecule has 1 aliphatic heterocycles. The van der Waals surface area contributed by atoms with Crippen molar-refractivity contribution in [2.24, 2.45) is 5.92 Å². The number of anilines is 1. The predicted octanol–water partition coefficient (Wildman–Crippen LogP) is 4.01. The first-order valence-corrected chi connectivity index (χ1v) is 9.38. The van der Waals surface area contributed by atoms with E-state index in [0.717, 1.165) is 29.8 Å². The van der Waals surface area contributed by atoms with Gasteiger partial charge in [-0.15, -0.1) is 0 Å². The number of hydrogen-bond acceptors (Lipinski definition) is 2. The van der Waals surface area contributed by atoms with Gasteiger partial charge in [0.15, 0.2) is 0 Å². The van der Waals surface area contributed by atoms with Crippen molar-refractivity contribution in [1.29, 1.82) is 0 Å². The maximum Gasteiger partial charge on any atom is 0.227 e. The van der Waals surface area contributed by atoms with Gasteiger partial charge in [-0.25, -0.2) is 4.39 Å². The minimum absolute atomic E-state index is 0.0805. The SMILES string of the molecule is CC(C)C(NC(=O)Cc1ccc(N2CCCC2=O)cc1)c1ccc(F)cc1. The van der Waals surface area contributed by atoms with Gasteiger partial charge in [-0.2, -0.15) is 0 Å². The highest BCUT2D eigenvalue weighted by molar-refractivity contribution is 5.95. The van der Waals surface area contributed by atoms with Gasteiger partial charge < -0.3 is 10.2 Å². The van der Waals surface area contributed by atoms with E-state index in [-0.39, 0.29) is 36.0 Å². The molecule has 3 rings (SSSR count). The van der Waals surface area contributed by atoms with Crippen LogP contribution in [0.5, 0.6) is 0 Å². The van der Waals surface area contributed by atoms with Gasteiger partial charge in [0.1, 0.15) is 5.82 Å². The maximum atomic E-state index is 13.2. The van der Waals surface area contributed by atoms with E-state index in [1.165, 1.54) is 12.1 Å². The Labute approximate surface area is 159 Å². The molecule has 1 saturated heterocycles. The molecule has 0 bridgehead atoms. The number of carbonyl (C=O) groups excluding carboxylic acids is 2. The number of amides is 2. The number of rotatable bonds is 6. The van der Waals surface area contributed by atoms with E-state index in [9.17, 15) is 14.0 Å². The molecular formula is C22H25FN2O2. The van der Waals surface area contributed by atoms with Crippen molar-refractivity contribution in [3.63, 3.8) is 0 Å². The molecule has 1 fully saturated rings. The van der Waals surface area contributed by atoms with Crippen LogP contribution in [0.4, 0.5) is 10.1 Å². The van der Waals surface area contributed by atoms with Crippen molar-refractivity contribution in [3.05, 3.63) is 65.5 Å². The summed E-state index contributed by atoms with van der Waals surface area (Å²) in [4.78, 5) is 26.1. The zero-order valence-corrected chi connectivity index (χ0v) is 15.7. The van der Waals surface area contributed by atoms with Gasteiger partial charge in [0.05, 0.1) is 12.5 Å². The summed E-state index contributed by atoms with van der Waals surface area (Å²) < 4.78 is 13.2. The van der Waals surface area contributed by atoms with Crippen LogP contribution in [-0.2, 0) is 16.0 Å². The predicted molar refractivity (Wildman–Crippen MR) is 104 cm³/mol. The van der Waals surface area contributed by atoms with Crippen molar-refractivity contribution < 1.29 is 14.0 Å². The van der Waals surface area contributed by atoms with Gasteiger partial charge in [0.2, 0.25) is 11.8 Å². The van der Waals surface area contributed by atoms with Gasteiger partial charge >= 0.3 is 0 Å². The molecule has 1 unspecified atom stereocenters. The third-order valence-corrected chi connectivity index (χ3v) is 4.90. The number of hydrogen-bond donors (Lipinski definition) is 1. The zero-order chi connectivity index (χ0) is 19.4. The summed E-state index contributed by atoms with van der Waals surface area (Å²) in [6.45, 7) is 4.80. The Morgan fingerprint density at radius 1 is 1.11 bits per heavy atom. The summed E-state index contributed by atoms with van der Waals surface area (Å²) in [6.07, 6.45) is 1.76. The van der Waals surface area contributed by atoms with E-state index in [1.54, 1.807) is 17.0 Å². The summed E-state index contributed by atoms with van der Waals surface area (Å²) >= 11 is 0. The molecule has 1 heterocycles. The fourth-order valence-corrected chi connectivity index (χ4v) is 3.43. The summed E-state index contributed by atoms with van der Waals surface area (Å²) in [5.41, 5.74) is 2.67. The van der Waals surface area contributed by atoms with E-state index >= 15 is 0 Å². The van der Waals surface area contributed by atoms with Gasteiger partial charge in [-0.05, 0) is 47.7 Å². The summed E-state index contributed by atoms with van der Waals surface area (Å²) in [6, 6.07) is 13.7. The van der Waals surface area contributed by atoms with Crippen LogP contribution in [-0.4, -0.2) is 18.4 Å². The molecule has 0 spiro atoms. The minimum Gasteiger partial charge on any atom is -0.349 e. The van der Waals surface area contributed by atoms with Gasteiger partial charge in [-0.1, -0.05) is 38.1 Å². The maximum absolute atomic E-state index is 13.2. The second kappa shape index (κ2) is 8.33. The highest BCUT2D eigenvalue weighted by Crippen LogP contribution is 2.23. The lowest BCUT2D eigenvalue weighted by Gasteiger charge is -2.23. The van der Waals surface area contributed by atoms with Gasteiger partial charge in [0, 0.05) is 18.7 Å². The zero-order valence-electron chi connectivity index (χ0n) is 15.7. The quantitative estimate of drug-likeness (QED) is 0.838. The first-order valence-electron chi connectivity index (χ1n) is 9.38. The number of halogens is 1. The lowest BCUT2D eigenvalue weighted by molar-refractivity contribution is -0.121. The Balaban J connectivity index is 1.63. The molecule has 0 aromatic heterocycles. The Morgan fingerprint density at radius 3 is 2.33 bits per heavy atom. The second-order valence-electron chi connectivity index (χ2n) is 7.33. The third-order valence-electron chi connectivity index (χ3n) is 4.90. The lowest BCUT2D eigenvalue weighted by atomic mass is 9.95. The topological polar surface area (TPSA) is 49.4 Å². The number of nitrogens with one attached hydrogen (secondary N) is 1. The van der Waals surface area contributed by atoms with E-state index in [4.69, 9.17) is 0 Å². The fourth-order valence-electron chi connectivity index (χ4n) is 3.43. The van der Waals surface area contributed by atoms with Crippen LogP contribution in [0.1, 0.15) is 43.9 Å². The molecule has 2 amide bonds. The summed E-state index contributed by atoms with van der Waals surface area (Å²) in [5.74, 6) is -0.0327. The van der Waals surface area contributed by atoms with Crippen molar-refractivity contribution in [2.75, 3.05) is 11.4 Å². The molecule has 1 N–H and O–H groups in total. The smallest absolute Gasteiger partial charge is 0.227 e. The van der Waals surface area contributed by atoms with Crippen LogP contribution in [0.3, 0.4) is 0 Å². The van der Waals surface area contributed by atoms with Crippen LogP contribution in [0.15, 0.2) is 48.5 Å². The van der Waals surface area contributed by atoms with E-state index in [2.05, 4.69) is 5.32 Å². The second-order valence-corrected chi connectivity index (χ2v) is 7.33. The molecule has 4 nitrogen and oxygen atoms in total. The molecule has 142 valence electrons. The van der Waals surface area contributed by atoms with E-state index < -0.39 is 0 Å². The Morgan fingerprint density at radius 2 is 1.78 bits per heavy atom. The molecule has 2 aromatic rings. The highest BCUT2D eigenvalue weighted by Gasteiger charge is 2.22. The standard InChI is InChI=1S/C22H25FN2O2/c1-15(2)22(17-7-9-18(23)10-8-17)24-20(26)14-16-5-11-19(12-6-16)25-13-3-4-21(25)27/h5-12,15,22H,3-4,13-14H2,1-2H3,(H,24,26). The summed E-state index contributed by atoms with van der Waals surface area (Å²) in [7, 11) is 0. The average molecular weight is 368 g/mol. The molecule has 2 aromatic carbocycles. The summed E-state index contributed by atoms with van der Waals surface area (Å²) in [5, 5.41) is 3.05. The fraction of sp³-hybridized carbons (Fsp3) is 0.364. The Hall–Kier alpha value is -2.69. The monoisotopic (exact) mass is 368 g/mol. The highest BCUT2D eigenvalue weighted by atomic mass is 19.1.